The van der Waals surface area contributed by atoms with Crippen molar-refractivity contribution in [2.75, 3.05) is 0 Å². The molecule has 2 heterocycles. The molecular weight excluding hydrogens is 274 g/mol. The van der Waals surface area contributed by atoms with Gasteiger partial charge in [0.1, 0.15) is 5.01 Å². The third-order valence-corrected chi connectivity index (χ3v) is 5.12. The Balaban J connectivity index is 2.11. The van der Waals surface area contributed by atoms with E-state index in [0.29, 0.717) is 6.42 Å². The van der Waals surface area contributed by atoms with E-state index in [2.05, 4.69) is 10.1 Å². The number of carboxylic acid groups (broad SMARTS) is 1. The van der Waals surface area contributed by atoms with Crippen LogP contribution in [0.1, 0.15) is 40.7 Å². The molecule has 1 atom stereocenters. The predicted octanol–water partition coefficient (Wildman–Crippen LogP) is 2.66. The van der Waals surface area contributed by atoms with E-state index in [1.165, 1.54) is 0 Å². The van der Waals surface area contributed by atoms with Gasteiger partial charge >= 0.3 is 5.97 Å². The van der Waals surface area contributed by atoms with Crippen LogP contribution in [0.2, 0.25) is 0 Å². The summed E-state index contributed by atoms with van der Waals surface area (Å²) in [6.07, 6.45) is 2.56. The number of fused-ring (bicyclic) bond motifs is 1. The summed E-state index contributed by atoms with van der Waals surface area (Å²) in [5.41, 5.74) is 3.84. The van der Waals surface area contributed by atoms with Crippen LogP contribution in [0.4, 0.5) is 0 Å². The summed E-state index contributed by atoms with van der Waals surface area (Å²) >= 11 is 1.62. The number of aromatic nitrogens is 3. The SMILES string of the molecule is Cc1nn(C)c(C)c1-c1nc2c(s1)CCCC2C(=O)O. The van der Waals surface area contributed by atoms with Crippen LogP contribution < -0.4 is 0 Å². The molecule has 106 valence electrons. The maximum Gasteiger partial charge on any atom is 0.312 e. The number of thiazole rings is 1. The van der Waals surface area contributed by atoms with Crippen LogP contribution >= 0.6 is 11.3 Å². The van der Waals surface area contributed by atoms with Crippen LogP contribution in [-0.4, -0.2) is 25.8 Å². The molecule has 0 bridgehead atoms. The minimum atomic E-state index is -0.762. The molecule has 1 N–H and O–H groups in total. The van der Waals surface area contributed by atoms with Crippen molar-refractivity contribution in [2.45, 2.75) is 39.0 Å². The molecule has 20 heavy (non-hydrogen) atoms. The van der Waals surface area contributed by atoms with Gasteiger partial charge in [-0.3, -0.25) is 9.48 Å². The van der Waals surface area contributed by atoms with Crippen LogP contribution in [0, 0.1) is 13.8 Å². The monoisotopic (exact) mass is 291 g/mol. The number of hydrogen-bond donors (Lipinski definition) is 1. The zero-order valence-corrected chi connectivity index (χ0v) is 12.6. The summed E-state index contributed by atoms with van der Waals surface area (Å²) < 4.78 is 1.85. The van der Waals surface area contributed by atoms with Crippen molar-refractivity contribution < 1.29 is 9.90 Å². The fraction of sp³-hybridized carbons (Fsp3) is 0.500. The number of hydrogen-bond acceptors (Lipinski definition) is 4. The highest BCUT2D eigenvalue weighted by molar-refractivity contribution is 7.15. The van der Waals surface area contributed by atoms with Crippen molar-refractivity contribution >= 4 is 17.3 Å². The summed E-state index contributed by atoms with van der Waals surface area (Å²) in [5, 5.41) is 14.6. The molecule has 0 radical (unpaired) electrons. The Kier molecular flexibility index (Phi) is 3.12. The standard InChI is InChI=1S/C14H17N3O2S/c1-7-11(8(2)17(3)16-7)13-15-12-9(14(18)19)5-4-6-10(12)20-13/h9H,4-6H2,1-3H3,(H,18,19). The van der Waals surface area contributed by atoms with Gasteiger partial charge in [0.05, 0.1) is 22.9 Å². The number of rotatable bonds is 2. The van der Waals surface area contributed by atoms with Gasteiger partial charge in [0, 0.05) is 17.6 Å². The lowest BCUT2D eigenvalue weighted by Crippen LogP contribution is -2.17. The van der Waals surface area contributed by atoms with Gasteiger partial charge in [-0.2, -0.15) is 5.10 Å². The molecule has 0 spiro atoms. The summed E-state index contributed by atoms with van der Waals surface area (Å²) in [6, 6.07) is 0. The molecule has 0 fully saturated rings. The van der Waals surface area contributed by atoms with E-state index in [9.17, 15) is 9.90 Å². The third-order valence-electron chi connectivity index (χ3n) is 3.98. The van der Waals surface area contributed by atoms with E-state index >= 15 is 0 Å². The van der Waals surface area contributed by atoms with Crippen molar-refractivity contribution in [3.05, 3.63) is 22.0 Å². The second kappa shape index (κ2) is 4.70. The third kappa shape index (κ3) is 1.95. The quantitative estimate of drug-likeness (QED) is 0.923. The molecule has 0 aliphatic heterocycles. The van der Waals surface area contributed by atoms with E-state index < -0.39 is 11.9 Å². The second-order valence-electron chi connectivity index (χ2n) is 5.28. The number of aryl methyl sites for hydroxylation is 3. The van der Waals surface area contributed by atoms with Crippen molar-refractivity contribution in [1.29, 1.82) is 0 Å². The molecule has 3 rings (SSSR count). The normalized spacial score (nSPS) is 18.1. The van der Waals surface area contributed by atoms with Gasteiger partial charge in [-0.15, -0.1) is 11.3 Å². The summed E-state index contributed by atoms with van der Waals surface area (Å²) in [4.78, 5) is 17.1. The molecule has 2 aromatic rings. The van der Waals surface area contributed by atoms with Crippen LogP contribution in [0.3, 0.4) is 0 Å². The molecule has 1 unspecified atom stereocenters. The molecule has 0 aromatic carbocycles. The molecule has 6 heteroatoms. The minimum absolute atomic E-state index is 0.443. The van der Waals surface area contributed by atoms with Gasteiger partial charge in [-0.1, -0.05) is 0 Å². The van der Waals surface area contributed by atoms with Crippen LogP contribution in [0.5, 0.6) is 0 Å². The molecule has 0 saturated carbocycles. The topological polar surface area (TPSA) is 68.0 Å². The highest BCUT2D eigenvalue weighted by atomic mass is 32.1. The lowest BCUT2D eigenvalue weighted by molar-refractivity contribution is -0.139. The first-order chi connectivity index (χ1) is 9.49. The van der Waals surface area contributed by atoms with E-state index in [0.717, 1.165) is 45.4 Å². The Bertz CT molecular complexity index is 687. The highest BCUT2D eigenvalue weighted by Crippen LogP contribution is 2.39. The fourth-order valence-electron chi connectivity index (χ4n) is 2.85. The van der Waals surface area contributed by atoms with E-state index in [1.54, 1.807) is 11.3 Å². The lowest BCUT2D eigenvalue weighted by Gasteiger charge is -2.16. The molecule has 0 saturated heterocycles. The summed E-state index contributed by atoms with van der Waals surface area (Å²) in [7, 11) is 1.92. The fourth-order valence-corrected chi connectivity index (χ4v) is 4.16. The summed E-state index contributed by atoms with van der Waals surface area (Å²) in [6.45, 7) is 3.99. The Morgan fingerprint density at radius 1 is 1.45 bits per heavy atom. The van der Waals surface area contributed by atoms with Crippen molar-refractivity contribution in [3.63, 3.8) is 0 Å². The largest absolute Gasteiger partial charge is 0.481 e. The number of carbonyl (C=O) groups is 1. The molecule has 1 aliphatic rings. The van der Waals surface area contributed by atoms with Crippen LogP contribution in [-0.2, 0) is 18.3 Å². The van der Waals surface area contributed by atoms with Gasteiger partial charge < -0.3 is 5.11 Å². The van der Waals surface area contributed by atoms with Crippen LogP contribution in [0.15, 0.2) is 0 Å². The first-order valence-electron chi connectivity index (χ1n) is 6.72. The van der Waals surface area contributed by atoms with E-state index in [-0.39, 0.29) is 0 Å². The zero-order valence-electron chi connectivity index (χ0n) is 11.8. The van der Waals surface area contributed by atoms with Gasteiger partial charge in [0.2, 0.25) is 0 Å². The van der Waals surface area contributed by atoms with Crippen molar-refractivity contribution in [2.24, 2.45) is 7.05 Å². The van der Waals surface area contributed by atoms with Crippen molar-refractivity contribution in [3.8, 4) is 10.6 Å². The van der Waals surface area contributed by atoms with Crippen LogP contribution in [0.25, 0.3) is 10.6 Å². The molecule has 5 nitrogen and oxygen atoms in total. The van der Waals surface area contributed by atoms with Gasteiger partial charge in [-0.25, -0.2) is 4.98 Å². The van der Waals surface area contributed by atoms with Gasteiger partial charge in [0.25, 0.3) is 0 Å². The average Bonchev–Trinajstić information content (AvgIpc) is 2.90. The van der Waals surface area contributed by atoms with Gasteiger partial charge in [-0.05, 0) is 33.1 Å². The second-order valence-corrected chi connectivity index (χ2v) is 6.36. The van der Waals surface area contributed by atoms with E-state index in [1.807, 2.05) is 25.6 Å². The first kappa shape index (κ1) is 13.3. The molecule has 1 aliphatic carbocycles. The Morgan fingerprint density at radius 3 is 2.80 bits per heavy atom. The average molecular weight is 291 g/mol. The lowest BCUT2D eigenvalue weighted by atomic mass is 9.91. The van der Waals surface area contributed by atoms with Crippen molar-refractivity contribution in [1.82, 2.24) is 14.8 Å². The number of aliphatic carboxylic acids is 1. The maximum atomic E-state index is 11.3. The van der Waals surface area contributed by atoms with Gasteiger partial charge in [0.15, 0.2) is 0 Å². The summed E-state index contributed by atoms with van der Waals surface area (Å²) in [5.74, 6) is -1.21. The number of nitrogens with zero attached hydrogens (tertiary/aromatic N) is 3. The smallest absolute Gasteiger partial charge is 0.312 e. The highest BCUT2D eigenvalue weighted by Gasteiger charge is 2.31. The molecule has 0 amide bonds. The Hall–Kier alpha value is -1.69. The maximum absolute atomic E-state index is 11.3. The number of carboxylic acids is 1. The zero-order chi connectivity index (χ0) is 14.4. The minimum Gasteiger partial charge on any atom is -0.481 e. The Morgan fingerprint density at radius 2 is 2.20 bits per heavy atom. The predicted molar refractivity (Wildman–Crippen MR) is 77.1 cm³/mol. The van der Waals surface area contributed by atoms with E-state index in [4.69, 9.17) is 0 Å². The first-order valence-corrected chi connectivity index (χ1v) is 7.53. The Labute approximate surface area is 121 Å². The molecular formula is C14H17N3O2S. The molecule has 2 aromatic heterocycles.